The summed E-state index contributed by atoms with van der Waals surface area (Å²) < 4.78 is 40.4. The second-order valence-corrected chi connectivity index (χ2v) is 6.26. The second kappa shape index (κ2) is 6.45. The van der Waals surface area contributed by atoms with Crippen molar-refractivity contribution in [2.45, 2.75) is 44.6 Å². The summed E-state index contributed by atoms with van der Waals surface area (Å²) in [6.45, 7) is 4.89. The minimum Gasteiger partial charge on any atom is -0.396 e. The van der Waals surface area contributed by atoms with E-state index in [0.717, 1.165) is 0 Å². The largest absolute Gasteiger partial charge is 0.396 e. The van der Waals surface area contributed by atoms with Gasteiger partial charge in [-0.1, -0.05) is 6.92 Å². The number of benzene rings is 1. The summed E-state index contributed by atoms with van der Waals surface area (Å²) in [6, 6.07) is 2.09. The maximum absolute atomic E-state index is 13.2. The van der Waals surface area contributed by atoms with Gasteiger partial charge in [0, 0.05) is 12.6 Å². The lowest BCUT2D eigenvalue weighted by Crippen LogP contribution is -2.35. The zero-order chi connectivity index (χ0) is 14.6. The van der Waals surface area contributed by atoms with Gasteiger partial charge in [0.05, 0.1) is 4.90 Å². The topological polar surface area (TPSA) is 66.4 Å². The molecule has 0 aliphatic carbocycles. The molecule has 0 saturated carbocycles. The molecule has 1 atom stereocenters. The van der Waals surface area contributed by atoms with E-state index < -0.39 is 15.8 Å². The van der Waals surface area contributed by atoms with Crippen molar-refractivity contribution in [1.29, 1.82) is 0 Å². The molecule has 0 radical (unpaired) electrons. The average molecular weight is 289 g/mol. The molecule has 4 nitrogen and oxygen atoms in total. The van der Waals surface area contributed by atoms with Crippen molar-refractivity contribution in [3.05, 3.63) is 29.1 Å². The number of hydrogen-bond acceptors (Lipinski definition) is 3. The van der Waals surface area contributed by atoms with E-state index in [1.54, 1.807) is 13.8 Å². The Morgan fingerprint density at radius 2 is 1.84 bits per heavy atom. The number of halogens is 1. The van der Waals surface area contributed by atoms with Crippen LogP contribution < -0.4 is 4.72 Å². The highest BCUT2D eigenvalue weighted by Gasteiger charge is 2.23. The van der Waals surface area contributed by atoms with E-state index >= 15 is 0 Å². The molecule has 0 amide bonds. The maximum atomic E-state index is 13.2. The fraction of sp³-hybridized carbons (Fsp3) is 0.538. The summed E-state index contributed by atoms with van der Waals surface area (Å²) in [6.07, 6.45) is 0.939. The van der Waals surface area contributed by atoms with Gasteiger partial charge in [-0.2, -0.15) is 0 Å². The number of sulfonamides is 1. The highest BCUT2D eigenvalue weighted by Crippen LogP contribution is 2.22. The average Bonchev–Trinajstić information content (AvgIpc) is 2.25. The number of aliphatic hydroxyl groups excluding tert-OH is 1. The van der Waals surface area contributed by atoms with Crippen LogP contribution in [0.15, 0.2) is 17.0 Å². The van der Waals surface area contributed by atoms with Gasteiger partial charge >= 0.3 is 0 Å². The Hall–Kier alpha value is -0.980. The Kier molecular flexibility index (Phi) is 5.46. The SMILES string of the molecule is CCC(CCO)NS(=O)(=O)c1c(C)cc(F)cc1C. The molecule has 1 rings (SSSR count). The Balaban J connectivity index is 3.14. The van der Waals surface area contributed by atoms with Crippen LogP contribution in [-0.2, 0) is 10.0 Å². The van der Waals surface area contributed by atoms with Gasteiger partial charge in [-0.05, 0) is 49.9 Å². The van der Waals surface area contributed by atoms with Crippen LogP contribution in [0.25, 0.3) is 0 Å². The monoisotopic (exact) mass is 289 g/mol. The Bertz CT molecular complexity index is 520. The van der Waals surface area contributed by atoms with Gasteiger partial charge in [-0.25, -0.2) is 17.5 Å². The molecule has 19 heavy (non-hydrogen) atoms. The van der Waals surface area contributed by atoms with Crippen LogP contribution in [0.3, 0.4) is 0 Å². The molecular formula is C13H20FNO3S. The van der Waals surface area contributed by atoms with Crippen LogP contribution in [0, 0.1) is 19.7 Å². The third-order valence-electron chi connectivity index (χ3n) is 2.99. The molecule has 0 spiro atoms. The lowest BCUT2D eigenvalue weighted by molar-refractivity contribution is 0.270. The first-order valence-electron chi connectivity index (χ1n) is 6.21. The molecule has 108 valence electrons. The van der Waals surface area contributed by atoms with Gasteiger partial charge in [0.2, 0.25) is 10.0 Å². The van der Waals surface area contributed by atoms with E-state index in [2.05, 4.69) is 4.72 Å². The fourth-order valence-corrected chi connectivity index (χ4v) is 3.91. The van der Waals surface area contributed by atoms with Crippen molar-refractivity contribution in [2.75, 3.05) is 6.61 Å². The third-order valence-corrected chi connectivity index (χ3v) is 4.81. The molecule has 6 heteroatoms. The minimum absolute atomic E-state index is 0.0809. The van der Waals surface area contributed by atoms with E-state index in [4.69, 9.17) is 5.11 Å². The van der Waals surface area contributed by atoms with Crippen molar-refractivity contribution in [3.63, 3.8) is 0 Å². The van der Waals surface area contributed by atoms with Crippen LogP contribution in [0.4, 0.5) is 4.39 Å². The maximum Gasteiger partial charge on any atom is 0.241 e. The molecule has 0 fully saturated rings. The summed E-state index contributed by atoms with van der Waals surface area (Å²) >= 11 is 0. The van der Waals surface area contributed by atoms with E-state index in [1.807, 2.05) is 6.92 Å². The molecule has 0 aliphatic rings. The molecule has 0 bridgehead atoms. The number of aliphatic hydroxyl groups is 1. The van der Waals surface area contributed by atoms with Crippen LogP contribution in [0.1, 0.15) is 30.9 Å². The molecule has 0 aromatic heterocycles. The second-order valence-electron chi connectivity index (χ2n) is 4.61. The summed E-state index contributed by atoms with van der Waals surface area (Å²) in [5, 5.41) is 8.90. The van der Waals surface area contributed by atoms with Crippen molar-refractivity contribution >= 4 is 10.0 Å². The summed E-state index contributed by atoms with van der Waals surface area (Å²) in [4.78, 5) is 0.116. The molecule has 1 aromatic carbocycles. The molecule has 1 aromatic rings. The van der Waals surface area contributed by atoms with Crippen molar-refractivity contribution in [1.82, 2.24) is 4.72 Å². The van der Waals surface area contributed by atoms with Crippen molar-refractivity contribution < 1.29 is 17.9 Å². The molecule has 0 heterocycles. The van der Waals surface area contributed by atoms with Crippen molar-refractivity contribution in [3.8, 4) is 0 Å². The Morgan fingerprint density at radius 3 is 2.26 bits per heavy atom. The van der Waals surface area contributed by atoms with Gasteiger partial charge in [0.25, 0.3) is 0 Å². The minimum atomic E-state index is -3.70. The molecule has 1 unspecified atom stereocenters. The number of rotatable bonds is 6. The lowest BCUT2D eigenvalue weighted by Gasteiger charge is -2.18. The van der Waals surface area contributed by atoms with Gasteiger partial charge < -0.3 is 5.11 Å². The fourth-order valence-electron chi connectivity index (χ4n) is 2.10. The molecular weight excluding hydrogens is 269 g/mol. The molecule has 0 saturated heterocycles. The van der Waals surface area contributed by atoms with Gasteiger partial charge in [0.1, 0.15) is 5.82 Å². The van der Waals surface area contributed by atoms with Crippen LogP contribution in [0.5, 0.6) is 0 Å². The first-order chi connectivity index (χ1) is 8.81. The normalized spacial score (nSPS) is 13.5. The lowest BCUT2D eigenvalue weighted by atomic mass is 10.1. The Morgan fingerprint density at radius 1 is 1.32 bits per heavy atom. The number of nitrogens with one attached hydrogen (secondary N) is 1. The zero-order valence-electron chi connectivity index (χ0n) is 11.4. The summed E-state index contributed by atoms with van der Waals surface area (Å²) in [5.74, 6) is -0.448. The zero-order valence-corrected chi connectivity index (χ0v) is 12.2. The molecule has 0 aliphatic heterocycles. The number of aryl methyl sites for hydroxylation is 2. The van der Waals surface area contributed by atoms with Crippen LogP contribution in [0.2, 0.25) is 0 Å². The quantitative estimate of drug-likeness (QED) is 0.840. The predicted octanol–water partition coefficient (Wildman–Crippen LogP) is 1.88. The summed E-state index contributed by atoms with van der Waals surface area (Å²) in [5.41, 5.74) is 0.757. The third kappa shape index (κ3) is 3.99. The highest BCUT2D eigenvalue weighted by atomic mass is 32.2. The summed E-state index contributed by atoms with van der Waals surface area (Å²) in [7, 11) is -3.70. The highest BCUT2D eigenvalue weighted by molar-refractivity contribution is 7.89. The van der Waals surface area contributed by atoms with E-state index in [9.17, 15) is 12.8 Å². The predicted molar refractivity (Wildman–Crippen MR) is 72.0 cm³/mol. The Labute approximate surface area is 113 Å². The first kappa shape index (κ1) is 16.1. The number of hydrogen-bond donors (Lipinski definition) is 2. The van der Waals surface area contributed by atoms with E-state index in [-0.39, 0.29) is 17.5 Å². The van der Waals surface area contributed by atoms with E-state index in [1.165, 1.54) is 12.1 Å². The van der Waals surface area contributed by atoms with Crippen LogP contribution >= 0.6 is 0 Å². The van der Waals surface area contributed by atoms with Gasteiger partial charge in [-0.15, -0.1) is 0 Å². The van der Waals surface area contributed by atoms with Gasteiger partial charge in [0.15, 0.2) is 0 Å². The van der Waals surface area contributed by atoms with Crippen LogP contribution in [-0.4, -0.2) is 26.2 Å². The van der Waals surface area contributed by atoms with E-state index in [0.29, 0.717) is 24.0 Å². The standard InChI is InChI=1S/C13H20FNO3S/c1-4-12(5-6-16)15-19(17,18)13-9(2)7-11(14)8-10(13)3/h7-8,12,15-16H,4-6H2,1-3H3. The smallest absolute Gasteiger partial charge is 0.241 e. The van der Waals surface area contributed by atoms with Crippen molar-refractivity contribution in [2.24, 2.45) is 0 Å². The molecule has 2 N–H and O–H groups in total. The first-order valence-corrected chi connectivity index (χ1v) is 7.70. The van der Waals surface area contributed by atoms with Gasteiger partial charge in [-0.3, -0.25) is 0 Å².